The van der Waals surface area contributed by atoms with E-state index in [0.29, 0.717) is 18.8 Å². The SMILES string of the molecule is CC(C)(C)OC(=O)CCCCCCCCCCC(=O)OC(C)(C)C1CC[NH2+]CC1. The second kappa shape index (κ2) is 13.3. The largest absolute Gasteiger partial charge is 0.460 e. The van der Waals surface area contributed by atoms with Crippen LogP contribution in [0.5, 0.6) is 0 Å². The highest BCUT2D eigenvalue weighted by molar-refractivity contribution is 5.70. The van der Waals surface area contributed by atoms with Crippen LogP contribution in [-0.4, -0.2) is 36.2 Å². The molecular formula is C24H46NO4+. The van der Waals surface area contributed by atoms with Crippen molar-refractivity contribution < 1.29 is 24.4 Å². The van der Waals surface area contributed by atoms with Crippen molar-refractivity contribution in [2.45, 2.75) is 123 Å². The molecule has 1 aliphatic rings. The Morgan fingerprint density at radius 2 is 1.14 bits per heavy atom. The molecule has 0 amide bonds. The molecule has 1 rings (SSSR count). The van der Waals surface area contributed by atoms with Crippen LogP contribution in [0, 0.1) is 5.92 Å². The van der Waals surface area contributed by atoms with Crippen LogP contribution in [0.1, 0.15) is 112 Å². The molecule has 1 heterocycles. The molecule has 0 unspecified atom stereocenters. The average molecular weight is 413 g/mol. The molecule has 0 bridgehead atoms. The van der Waals surface area contributed by atoms with E-state index in [-0.39, 0.29) is 23.1 Å². The lowest BCUT2D eigenvalue weighted by molar-refractivity contribution is -0.665. The lowest BCUT2D eigenvalue weighted by atomic mass is 9.83. The minimum atomic E-state index is -0.381. The van der Waals surface area contributed by atoms with Gasteiger partial charge < -0.3 is 14.8 Å². The Morgan fingerprint density at radius 3 is 1.59 bits per heavy atom. The highest BCUT2D eigenvalue weighted by atomic mass is 16.6. The standard InChI is InChI=1S/C24H45NO4/c1-23(2,3)28-21(26)14-12-10-8-6-7-9-11-13-15-22(27)29-24(4,5)20-16-18-25-19-17-20/h20,25H,6-19H2,1-5H3/p+1. The average Bonchev–Trinajstić information content (AvgIpc) is 2.62. The molecule has 0 aromatic heterocycles. The van der Waals surface area contributed by atoms with Gasteiger partial charge in [0.05, 0.1) is 13.1 Å². The number of nitrogens with two attached hydrogens (primary N) is 1. The van der Waals surface area contributed by atoms with Crippen molar-refractivity contribution in [2.24, 2.45) is 5.92 Å². The fourth-order valence-corrected chi connectivity index (χ4v) is 4.04. The van der Waals surface area contributed by atoms with E-state index in [1.807, 2.05) is 20.8 Å². The number of ether oxygens (including phenoxy) is 2. The fourth-order valence-electron chi connectivity index (χ4n) is 4.04. The molecule has 170 valence electrons. The van der Waals surface area contributed by atoms with Crippen LogP contribution in [0.2, 0.25) is 0 Å². The van der Waals surface area contributed by atoms with Crippen molar-refractivity contribution in [2.75, 3.05) is 13.1 Å². The third kappa shape index (κ3) is 12.9. The van der Waals surface area contributed by atoms with Crippen LogP contribution >= 0.6 is 0 Å². The monoisotopic (exact) mass is 412 g/mol. The Kier molecular flexibility index (Phi) is 11.9. The first-order valence-electron chi connectivity index (χ1n) is 11.9. The number of piperidine rings is 1. The van der Waals surface area contributed by atoms with E-state index in [9.17, 15) is 9.59 Å². The normalized spacial score (nSPS) is 15.9. The molecule has 1 aliphatic heterocycles. The zero-order chi connectivity index (χ0) is 21.8. The molecular weight excluding hydrogens is 366 g/mol. The number of hydrogen-bond acceptors (Lipinski definition) is 4. The molecule has 0 saturated carbocycles. The quantitative estimate of drug-likeness (QED) is 0.356. The van der Waals surface area contributed by atoms with Gasteiger partial charge in [0.25, 0.3) is 0 Å². The third-order valence-electron chi connectivity index (χ3n) is 5.73. The van der Waals surface area contributed by atoms with E-state index >= 15 is 0 Å². The maximum atomic E-state index is 12.2. The number of rotatable bonds is 13. The summed E-state index contributed by atoms with van der Waals surface area (Å²) >= 11 is 0. The molecule has 5 heteroatoms. The van der Waals surface area contributed by atoms with Crippen molar-refractivity contribution in [3.05, 3.63) is 0 Å². The van der Waals surface area contributed by atoms with Gasteiger partial charge in [-0.1, -0.05) is 38.5 Å². The third-order valence-corrected chi connectivity index (χ3v) is 5.73. The van der Waals surface area contributed by atoms with Gasteiger partial charge in [-0.25, -0.2) is 0 Å². The summed E-state index contributed by atoms with van der Waals surface area (Å²) in [5.74, 6) is 0.368. The predicted molar refractivity (Wildman–Crippen MR) is 117 cm³/mol. The van der Waals surface area contributed by atoms with E-state index in [1.165, 1.54) is 19.3 Å². The molecule has 0 spiro atoms. The van der Waals surface area contributed by atoms with Crippen LogP contribution in [0.15, 0.2) is 0 Å². The van der Waals surface area contributed by atoms with E-state index in [2.05, 4.69) is 19.2 Å². The number of esters is 2. The van der Waals surface area contributed by atoms with Crippen molar-refractivity contribution in [3.8, 4) is 0 Å². The van der Waals surface area contributed by atoms with Crippen molar-refractivity contribution in [3.63, 3.8) is 0 Å². The molecule has 0 aromatic carbocycles. The van der Waals surface area contributed by atoms with Gasteiger partial charge >= 0.3 is 11.9 Å². The Bertz CT molecular complexity index is 476. The summed E-state index contributed by atoms with van der Waals surface area (Å²) in [5, 5.41) is 2.34. The van der Waals surface area contributed by atoms with E-state index in [1.54, 1.807) is 0 Å². The summed E-state index contributed by atoms with van der Waals surface area (Å²) in [5.41, 5.74) is -0.710. The van der Waals surface area contributed by atoms with Gasteiger partial charge in [-0.3, -0.25) is 9.59 Å². The molecule has 0 radical (unpaired) electrons. The van der Waals surface area contributed by atoms with E-state index in [4.69, 9.17) is 9.47 Å². The fraction of sp³-hybridized carbons (Fsp3) is 0.917. The minimum Gasteiger partial charge on any atom is -0.460 e. The molecule has 0 atom stereocenters. The highest BCUT2D eigenvalue weighted by Gasteiger charge is 2.35. The minimum absolute atomic E-state index is 0.0355. The lowest BCUT2D eigenvalue weighted by Gasteiger charge is -2.35. The Hall–Kier alpha value is -1.10. The topological polar surface area (TPSA) is 69.2 Å². The summed E-state index contributed by atoms with van der Waals surface area (Å²) in [7, 11) is 0. The summed E-state index contributed by atoms with van der Waals surface area (Å²) < 4.78 is 11.1. The van der Waals surface area contributed by atoms with Crippen molar-refractivity contribution in [1.29, 1.82) is 0 Å². The Balaban J connectivity index is 1.96. The van der Waals surface area contributed by atoms with Gasteiger partial charge in [0.1, 0.15) is 11.2 Å². The lowest BCUT2D eigenvalue weighted by Crippen LogP contribution is -2.86. The van der Waals surface area contributed by atoms with Crippen molar-refractivity contribution >= 4 is 11.9 Å². The van der Waals surface area contributed by atoms with Crippen LogP contribution < -0.4 is 5.32 Å². The van der Waals surface area contributed by atoms with Crippen LogP contribution in [-0.2, 0) is 19.1 Å². The van der Waals surface area contributed by atoms with Gasteiger partial charge in [0, 0.05) is 31.6 Å². The number of carbonyl (C=O) groups excluding carboxylic acids is 2. The first kappa shape index (κ1) is 25.9. The second-order valence-electron chi connectivity index (χ2n) is 10.1. The predicted octanol–water partition coefficient (Wildman–Crippen LogP) is 4.52. The second-order valence-corrected chi connectivity index (χ2v) is 10.1. The summed E-state index contributed by atoms with van der Waals surface area (Å²) in [6, 6.07) is 0. The number of quaternary nitrogens is 1. The molecule has 0 aromatic rings. The molecule has 2 N–H and O–H groups in total. The maximum absolute atomic E-state index is 12.2. The summed E-state index contributed by atoms with van der Waals surface area (Å²) in [6.45, 7) is 12.1. The van der Waals surface area contributed by atoms with Gasteiger partial charge in [0.15, 0.2) is 0 Å². The molecule has 5 nitrogen and oxygen atoms in total. The van der Waals surface area contributed by atoms with Crippen LogP contribution in [0.4, 0.5) is 0 Å². The van der Waals surface area contributed by atoms with E-state index in [0.717, 1.165) is 58.0 Å². The zero-order valence-electron chi connectivity index (χ0n) is 19.7. The van der Waals surface area contributed by atoms with Gasteiger partial charge in [-0.05, 0) is 47.5 Å². The van der Waals surface area contributed by atoms with Gasteiger partial charge in [-0.2, -0.15) is 0 Å². The Morgan fingerprint density at radius 1 is 0.724 bits per heavy atom. The van der Waals surface area contributed by atoms with Crippen molar-refractivity contribution in [1.82, 2.24) is 0 Å². The maximum Gasteiger partial charge on any atom is 0.306 e. The van der Waals surface area contributed by atoms with Gasteiger partial charge in [-0.15, -0.1) is 0 Å². The number of carbonyl (C=O) groups is 2. The Labute approximate surface area is 178 Å². The van der Waals surface area contributed by atoms with E-state index < -0.39 is 0 Å². The first-order chi connectivity index (χ1) is 13.6. The first-order valence-corrected chi connectivity index (χ1v) is 11.9. The van der Waals surface area contributed by atoms with Gasteiger partial charge in [0.2, 0.25) is 0 Å². The number of hydrogen-bond donors (Lipinski definition) is 1. The molecule has 1 saturated heterocycles. The highest BCUT2D eigenvalue weighted by Crippen LogP contribution is 2.28. The summed E-state index contributed by atoms with van der Waals surface area (Å²) in [4.78, 5) is 23.8. The smallest absolute Gasteiger partial charge is 0.306 e. The number of unbranched alkanes of at least 4 members (excludes halogenated alkanes) is 7. The van der Waals surface area contributed by atoms with Crippen LogP contribution in [0.3, 0.4) is 0 Å². The molecule has 29 heavy (non-hydrogen) atoms. The van der Waals surface area contributed by atoms with Crippen LogP contribution in [0.25, 0.3) is 0 Å². The molecule has 1 fully saturated rings. The summed E-state index contributed by atoms with van der Waals surface area (Å²) in [6.07, 6.45) is 12.1. The molecule has 0 aliphatic carbocycles. The zero-order valence-corrected chi connectivity index (χ0v) is 19.7.